The molecule has 6 nitrogen and oxygen atoms in total. The number of amides is 1. The maximum Gasteiger partial charge on any atom is 0.261 e. The summed E-state index contributed by atoms with van der Waals surface area (Å²) in [6, 6.07) is 22.2. The van der Waals surface area contributed by atoms with Gasteiger partial charge in [-0.15, -0.1) is 0 Å². The van der Waals surface area contributed by atoms with Gasteiger partial charge in [0.1, 0.15) is 12.4 Å². The van der Waals surface area contributed by atoms with E-state index in [0.29, 0.717) is 24.4 Å². The Morgan fingerprint density at radius 3 is 2.33 bits per heavy atom. The smallest absolute Gasteiger partial charge is 0.261 e. The van der Waals surface area contributed by atoms with E-state index in [0.717, 1.165) is 11.3 Å². The molecule has 0 fully saturated rings. The number of carbonyl (C=O) groups excluding carboxylic acids is 1. The molecule has 30 heavy (non-hydrogen) atoms. The van der Waals surface area contributed by atoms with Crippen LogP contribution in [0.4, 0.5) is 5.69 Å². The lowest BCUT2D eigenvalue weighted by Crippen LogP contribution is -2.30. The Kier molecular flexibility index (Phi) is 6.74. The summed E-state index contributed by atoms with van der Waals surface area (Å²) in [7, 11) is -1.96. The highest BCUT2D eigenvalue weighted by Crippen LogP contribution is 2.17. The van der Waals surface area contributed by atoms with Gasteiger partial charge in [0.05, 0.1) is 11.4 Å². The Bertz CT molecular complexity index is 1100. The molecule has 3 aromatic carbocycles. The molecule has 0 saturated carbocycles. The number of hydrogen-bond donors (Lipinski definition) is 1. The van der Waals surface area contributed by atoms with Crippen molar-refractivity contribution in [3.05, 3.63) is 90.0 Å². The van der Waals surface area contributed by atoms with Crippen LogP contribution in [0.3, 0.4) is 0 Å². The van der Waals surface area contributed by atoms with E-state index in [4.69, 9.17) is 4.74 Å². The molecule has 156 valence electrons. The molecule has 0 aliphatic carbocycles. The van der Waals surface area contributed by atoms with E-state index in [9.17, 15) is 13.2 Å². The Labute approximate surface area is 177 Å². The van der Waals surface area contributed by atoms with E-state index in [2.05, 4.69) is 4.72 Å². The molecule has 1 amide bonds. The van der Waals surface area contributed by atoms with Crippen molar-refractivity contribution < 1.29 is 17.9 Å². The monoisotopic (exact) mass is 424 g/mol. The van der Waals surface area contributed by atoms with E-state index >= 15 is 0 Å². The van der Waals surface area contributed by atoms with Crippen molar-refractivity contribution in [2.45, 2.75) is 11.8 Å². The van der Waals surface area contributed by atoms with Crippen LogP contribution in [0.1, 0.15) is 15.9 Å². The van der Waals surface area contributed by atoms with Crippen LogP contribution in [-0.2, 0) is 10.0 Å². The molecular formula is C23H24N2O4S. The van der Waals surface area contributed by atoms with Crippen molar-refractivity contribution in [3.63, 3.8) is 0 Å². The molecule has 0 aliphatic rings. The van der Waals surface area contributed by atoms with Crippen LogP contribution in [-0.4, -0.2) is 39.4 Å². The first-order valence-electron chi connectivity index (χ1n) is 9.48. The fourth-order valence-electron chi connectivity index (χ4n) is 2.82. The first kappa shape index (κ1) is 21.4. The zero-order valence-electron chi connectivity index (χ0n) is 16.9. The van der Waals surface area contributed by atoms with Gasteiger partial charge >= 0.3 is 0 Å². The van der Waals surface area contributed by atoms with Crippen LogP contribution in [0.2, 0.25) is 0 Å². The fraction of sp³-hybridized carbons (Fsp3) is 0.174. The Morgan fingerprint density at radius 1 is 0.967 bits per heavy atom. The highest BCUT2D eigenvalue weighted by molar-refractivity contribution is 7.92. The summed E-state index contributed by atoms with van der Waals surface area (Å²) in [6.45, 7) is 2.79. The van der Waals surface area contributed by atoms with Gasteiger partial charge in [-0.25, -0.2) is 8.42 Å². The van der Waals surface area contributed by atoms with Crippen molar-refractivity contribution in [2.75, 3.05) is 24.9 Å². The number of sulfonamides is 1. The van der Waals surface area contributed by atoms with E-state index in [-0.39, 0.29) is 10.8 Å². The Hall–Kier alpha value is -3.32. The minimum absolute atomic E-state index is 0.166. The predicted octanol–water partition coefficient (Wildman–Crippen LogP) is 3.95. The summed E-state index contributed by atoms with van der Waals surface area (Å²) < 4.78 is 33.0. The number of rotatable bonds is 8. The maximum atomic E-state index is 12.6. The lowest BCUT2D eigenvalue weighted by Gasteiger charge is -2.18. The first-order chi connectivity index (χ1) is 14.3. The second-order valence-corrected chi connectivity index (χ2v) is 8.57. The molecule has 0 bridgehead atoms. The van der Waals surface area contributed by atoms with Gasteiger partial charge in [-0.1, -0.05) is 30.3 Å². The third-order valence-electron chi connectivity index (χ3n) is 4.47. The van der Waals surface area contributed by atoms with Crippen molar-refractivity contribution in [3.8, 4) is 5.75 Å². The molecule has 1 N–H and O–H groups in total. The summed E-state index contributed by atoms with van der Waals surface area (Å²) in [5.41, 5.74) is 1.97. The topological polar surface area (TPSA) is 75.7 Å². The molecule has 0 saturated heterocycles. The van der Waals surface area contributed by atoms with Crippen molar-refractivity contribution in [2.24, 2.45) is 0 Å². The quantitative estimate of drug-likeness (QED) is 0.594. The van der Waals surface area contributed by atoms with Crippen LogP contribution in [0, 0.1) is 6.92 Å². The van der Waals surface area contributed by atoms with Crippen LogP contribution in [0.5, 0.6) is 5.75 Å². The average Bonchev–Trinajstić information content (AvgIpc) is 2.74. The van der Waals surface area contributed by atoms with Crippen LogP contribution in [0.15, 0.2) is 83.8 Å². The average molecular weight is 425 g/mol. The second kappa shape index (κ2) is 9.45. The Balaban J connectivity index is 1.56. The van der Waals surface area contributed by atoms with Crippen molar-refractivity contribution >= 4 is 21.6 Å². The maximum absolute atomic E-state index is 12.6. The summed E-state index contributed by atoms with van der Waals surface area (Å²) in [4.78, 5) is 14.3. The van der Waals surface area contributed by atoms with E-state index in [1.807, 2.05) is 31.2 Å². The van der Waals surface area contributed by atoms with E-state index < -0.39 is 10.0 Å². The molecule has 3 aromatic rings. The molecule has 0 atom stereocenters. The van der Waals surface area contributed by atoms with Gasteiger partial charge in [-0.3, -0.25) is 9.52 Å². The highest BCUT2D eigenvalue weighted by Gasteiger charge is 2.15. The van der Waals surface area contributed by atoms with Gasteiger partial charge < -0.3 is 9.64 Å². The molecule has 0 radical (unpaired) electrons. The van der Waals surface area contributed by atoms with Crippen LogP contribution in [0.25, 0.3) is 0 Å². The number of nitrogens with zero attached hydrogens (tertiary/aromatic N) is 1. The molecule has 0 aromatic heterocycles. The number of hydrogen-bond acceptors (Lipinski definition) is 4. The third kappa shape index (κ3) is 5.61. The van der Waals surface area contributed by atoms with Gasteiger partial charge in [-0.05, 0) is 61.0 Å². The fourth-order valence-corrected chi connectivity index (χ4v) is 3.90. The second-order valence-electron chi connectivity index (χ2n) is 6.89. The molecule has 3 rings (SSSR count). The van der Waals surface area contributed by atoms with Crippen molar-refractivity contribution in [1.29, 1.82) is 0 Å². The zero-order valence-corrected chi connectivity index (χ0v) is 17.7. The van der Waals surface area contributed by atoms with Crippen LogP contribution >= 0.6 is 0 Å². The van der Waals surface area contributed by atoms with Gasteiger partial charge in [0.2, 0.25) is 0 Å². The van der Waals surface area contributed by atoms with Gasteiger partial charge in [0.15, 0.2) is 0 Å². The lowest BCUT2D eigenvalue weighted by atomic mass is 10.2. The predicted molar refractivity (Wildman–Crippen MR) is 117 cm³/mol. The highest BCUT2D eigenvalue weighted by atomic mass is 32.2. The number of ether oxygens (including phenoxy) is 1. The summed E-state index contributed by atoms with van der Waals surface area (Å²) in [5.74, 6) is 0.603. The van der Waals surface area contributed by atoms with Crippen LogP contribution < -0.4 is 9.46 Å². The summed E-state index contributed by atoms with van der Waals surface area (Å²) >= 11 is 0. The zero-order chi connectivity index (χ0) is 21.6. The van der Waals surface area contributed by atoms with Gasteiger partial charge in [0, 0.05) is 18.3 Å². The third-order valence-corrected chi connectivity index (χ3v) is 5.87. The molecular weight excluding hydrogens is 400 g/mol. The SMILES string of the molecule is Cc1cccc(OCCN(C)C(=O)c2ccc(NS(=O)(=O)c3ccccc3)cc2)c1. The molecule has 0 aliphatic heterocycles. The number of benzene rings is 3. The summed E-state index contributed by atoms with van der Waals surface area (Å²) in [5, 5.41) is 0. The molecule has 7 heteroatoms. The van der Waals surface area contributed by atoms with E-state index in [1.54, 1.807) is 54.4 Å². The lowest BCUT2D eigenvalue weighted by molar-refractivity contribution is 0.0774. The molecule has 0 unspecified atom stereocenters. The normalized spacial score (nSPS) is 11.0. The summed E-state index contributed by atoms with van der Waals surface area (Å²) in [6.07, 6.45) is 0. The number of likely N-dealkylation sites (N-methyl/N-ethyl adjacent to an activating group) is 1. The molecule has 0 spiro atoms. The Morgan fingerprint density at radius 2 is 1.67 bits per heavy atom. The molecule has 0 heterocycles. The van der Waals surface area contributed by atoms with Gasteiger partial charge in [0.25, 0.3) is 15.9 Å². The number of nitrogens with one attached hydrogen (secondary N) is 1. The van der Waals surface area contributed by atoms with Gasteiger partial charge in [-0.2, -0.15) is 0 Å². The standard InChI is InChI=1S/C23H24N2O4S/c1-18-7-6-8-21(17-18)29-16-15-25(2)23(26)19-11-13-20(14-12-19)24-30(27,28)22-9-4-3-5-10-22/h3-14,17,24H,15-16H2,1-2H3. The number of aryl methyl sites for hydroxylation is 1. The minimum atomic E-state index is -3.67. The van der Waals surface area contributed by atoms with Crippen molar-refractivity contribution in [1.82, 2.24) is 4.90 Å². The largest absolute Gasteiger partial charge is 0.492 e. The number of anilines is 1. The minimum Gasteiger partial charge on any atom is -0.492 e. The van der Waals surface area contributed by atoms with E-state index in [1.165, 1.54) is 12.1 Å². The number of carbonyl (C=O) groups is 1. The first-order valence-corrected chi connectivity index (χ1v) is 11.0.